The highest BCUT2D eigenvalue weighted by Gasteiger charge is 2.15. The number of rotatable bonds is 4. The number of aliphatic hydroxyl groups excluding tert-OH is 1. The lowest BCUT2D eigenvalue weighted by molar-refractivity contribution is 0.275. The van der Waals surface area contributed by atoms with E-state index in [-0.39, 0.29) is 6.61 Å². The van der Waals surface area contributed by atoms with E-state index in [0.717, 1.165) is 5.69 Å². The first-order valence-corrected chi connectivity index (χ1v) is 6.21. The van der Waals surface area contributed by atoms with Crippen LogP contribution in [0.25, 0.3) is 0 Å². The van der Waals surface area contributed by atoms with E-state index < -0.39 is 0 Å². The van der Waals surface area contributed by atoms with Crippen molar-refractivity contribution in [3.05, 3.63) is 46.8 Å². The number of hydrogen-bond donors (Lipinski definition) is 1. The minimum absolute atomic E-state index is 0.0543. The summed E-state index contributed by atoms with van der Waals surface area (Å²) < 4.78 is 1.89. The number of aromatic nitrogens is 3. The summed E-state index contributed by atoms with van der Waals surface area (Å²) >= 11 is 0. The first-order valence-electron chi connectivity index (χ1n) is 6.21. The molecule has 96 valence electrons. The molecule has 1 heterocycles. The SMILES string of the molecule is Cc1ccccc1Cn1nnc(CO)c1C(C)C. The Labute approximate surface area is 107 Å². The van der Waals surface area contributed by atoms with Gasteiger partial charge in [-0.15, -0.1) is 5.10 Å². The molecule has 0 aliphatic carbocycles. The summed E-state index contributed by atoms with van der Waals surface area (Å²) in [4.78, 5) is 0. The van der Waals surface area contributed by atoms with Crippen molar-refractivity contribution in [2.75, 3.05) is 0 Å². The molecule has 2 rings (SSSR count). The third-order valence-electron chi connectivity index (χ3n) is 3.13. The number of aryl methyl sites for hydroxylation is 1. The standard InChI is InChI=1S/C14H19N3O/c1-10(2)14-13(9-18)15-16-17(14)8-12-7-5-4-6-11(12)3/h4-7,10,18H,8-9H2,1-3H3. The quantitative estimate of drug-likeness (QED) is 0.898. The van der Waals surface area contributed by atoms with Crippen LogP contribution in [0, 0.1) is 6.92 Å². The molecule has 0 fully saturated rings. The molecule has 0 radical (unpaired) electrons. The molecule has 2 aromatic rings. The average molecular weight is 245 g/mol. The fraction of sp³-hybridized carbons (Fsp3) is 0.429. The summed E-state index contributed by atoms with van der Waals surface area (Å²) in [6.07, 6.45) is 0. The number of benzene rings is 1. The van der Waals surface area contributed by atoms with Crippen LogP contribution in [0.2, 0.25) is 0 Å². The highest BCUT2D eigenvalue weighted by Crippen LogP contribution is 2.19. The van der Waals surface area contributed by atoms with Crippen LogP contribution in [0.1, 0.15) is 42.3 Å². The molecule has 0 bridgehead atoms. The van der Waals surface area contributed by atoms with Gasteiger partial charge in [-0.2, -0.15) is 0 Å². The maximum atomic E-state index is 9.29. The number of nitrogens with zero attached hydrogens (tertiary/aromatic N) is 3. The molecular weight excluding hydrogens is 226 g/mol. The highest BCUT2D eigenvalue weighted by molar-refractivity contribution is 5.26. The Kier molecular flexibility index (Phi) is 3.77. The van der Waals surface area contributed by atoms with Gasteiger partial charge < -0.3 is 5.11 Å². The van der Waals surface area contributed by atoms with Crippen LogP contribution < -0.4 is 0 Å². The molecule has 0 aliphatic rings. The molecule has 1 N–H and O–H groups in total. The molecule has 0 unspecified atom stereocenters. The fourth-order valence-corrected chi connectivity index (χ4v) is 2.17. The maximum absolute atomic E-state index is 9.29. The van der Waals surface area contributed by atoms with E-state index in [4.69, 9.17) is 0 Å². The van der Waals surface area contributed by atoms with Gasteiger partial charge in [-0.1, -0.05) is 43.3 Å². The van der Waals surface area contributed by atoms with Gasteiger partial charge in [-0.05, 0) is 24.0 Å². The molecule has 0 spiro atoms. The topological polar surface area (TPSA) is 50.9 Å². The Hall–Kier alpha value is -1.68. The molecule has 4 nitrogen and oxygen atoms in total. The summed E-state index contributed by atoms with van der Waals surface area (Å²) in [5.74, 6) is 0.297. The summed E-state index contributed by atoms with van der Waals surface area (Å²) in [6, 6.07) is 8.25. The van der Waals surface area contributed by atoms with Gasteiger partial charge in [-0.25, -0.2) is 4.68 Å². The first-order chi connectivity index (χ1) is 8.63. The van der Waals surface area contributed by atoms with Gasteiger partial charge in [0.15, 0.2) is 0 Å². The predicted molar refractivity (Wildman–Crippen MR) is 70.3 cm³/mol. The lowest BCUT2D eigenvalue weighted by Gasteiger charge is -2.11. The van der Waals surface area contributed by atoms with Gasteiger partial charge in [-0.3, -0.25) is 0 Å². The molecule has 4 heteroatoms. The Morgan fingerprint density at radius 3 is 2.61 bits per heavy atom. The largest absolute Gasteiger partial charge is 0.390 e. The normalized spacial score (nSPS) is 11.2. The zero-order valence-electron chi connectivity index (χ0n) is 11.1. The van der Waals surface area contributed by atoms with Crippen molar-refractivity contribution in [2.24, 2.45) is 0 Å². The lowest BCUT2D eigenvalue weighted by atomic mass is 10.1. The second-order valence-electron chi connectivity index (χ2n) is 4.82. The van der Waals surface area contributed by atoms with E-state index in [1.807, 2.05) is 16.8 Å². The van der Waals surface area contributed by atoms with Gasteiger partial charge in [0.05, 0.1) is 18.8 Å². The van der Waals surface area contributed by atoms with E-state index in [2.05, 4.69) is 43.2 Å². The second-order valence-corrected chi connectivity index (χ2v) is 4.82. The van der Waals surface area contributed by atoms with Crippen molar-refractivity contribution in [3.63, 3.8) is 0 Å². The second kappa shape index (κ2) is 5.31. The summed E-state index contributed by atoms with van der Waals surface area (Å²) in [5, 5.41) is 17.5. The van der Waals surface area contributed by atoms with Crippen LogP contribution in [0.15, 0.2) is 24.3 Å². The van der Waals surface area contributed by atoms with Crippen molar-refractivity contribution in [3.8, 4) is 0 Å². The van der Waals surface area contributed by atoms with E-state index in [1.54, 1.807) is 0 Å². The van der Waals surface area contributed by atoms with Crippen molar-refractivity contribution in [1.29, 1.82) is 0 Å². The summed E-state index contributed by atoms with van der Waals surface area (Å²) in [5.41, 5.74) is 4.17. The van der Waals surface area contributed by atoms with Crippen molar-refractivity contribution < 1.29 is 5.11 Å². The first kappa shape index (κ1) is 12.8. The Bertz CT molecular complexity index is 532. The van der Waals surface area contributed by atoms with E-state index in [9.17, 15) is 5.11 Å². The monoisotopic (exact) mass is 245 g/mol. The Morgan fingerprint density at radius 1 is 1.28 bits per heavy atom. The van der Waals surface area contributed by atoms with Crippen LogP contribution in [0.3, 0.4) is 0 Å². The van der Waals surface area contributed by atoms with E-state index >= 15 is 0 Å². The number of aliphatic hydroxyl groups is 1. The van der Waals surface area contributed by atoms with Gasteiger partial charge in [0.25, 0.3) is 0 Å². The van der Waals surface area contributed by atoms with Crippen LogP contribution >= 0.6 is 0 Å². The smallest absolute Gasteiger partial charge is 0.112 e. The van der Waals surface area contributed by atoms with Crippen molar-refractivity contribution in [1.82, 2.24) is 15.0 Å². The predicted octanol–water partition coefficient (Wildman–Crippen LogP) is 2.25. The Balaban J connectivity index is 2.35. The third kappa shape index (κ3) is 2.43. The maximum Gasteiger partial charge on any atom is 0.112 e. The van der Waals surface area contributed by atoms with Gasteiger partial charge in [0.1, 0.15) is 5.69 Å². The van der Waals surface area contributed by atoms with Gasteiger partial charge in [0, 0.05) is 0 Å². The molecule has 0 saturated carbocycles. The van der Waals surface area contributed by atoms with Crippen LogP contribution in [-0.4, -0.2) is 20.1 Å². The zero-order valence-corrected chi connectivity index (χ0v) is 11.1. The molecule has 0 amide bonds. The van der Waals surface area contributed by atoms with Crippen LogP contribution in [-0.2, 0) is 13.2 Å². The fourth-order valence-electron chi connectivity index (χ4n) is 2.17. The van der Waals surface area contributed by atoms with Gasteiger partial charge >= 0.3 is 0 Å². The molecular formula is C14H19N3O. The zero-order chi connectivity index (χ0) is 13.1. The van der Waals surface area contributed by atoms with Crippen LogP contribution in [0.4, 0.5) is 0 Å². The Morgan fingerprint density at radius 2 is 2.00 bits per heavy atom. The number of hydrogen-bond acceptors (Lipinski definition) is 3. The molecule has 1 aromatic heterocycles. The summed E-state index contributed by atoms with van der Waals surface area (Å²) in [6.45, 7) is 6.92. The highest BCUT2D eigenvalue weighted by atomic mass is 16.3. The summed E-state index contributed by atoms with van der Waals surface area (Å²) in [7, 11) is 0. The van der Waals surface area contributed by atoms with E-state index in [0.29, 0.717) is 18.2 Å². The van der Waals surface area contributed by atoms with Crippen LogP contribution in [0.5, 0.6) is 0 Å². The molecule has 1 aromatic carbocycles. The van der Waals surface area contributed by atoms with Crippen molar-refractivity contribution >= 4 is 0 Å². The van der Waals surface area contributed by atoms with E-state index in [1.165, 1.54) is 11.1 Å². The molecule has 18 heavy (non-hydrogen) atoms. The minimum Gasteiger partial charge on any atom is -0.390 e. The lowest BCUT2D eigenvalue weighted by Crippen LogP contribution is -2.09. The molecule has 0 atom stereocenters. The third-order valence-corrected chi connectivity index (χ3v) is 3.13. The van der Waals surface area contributed by atoms with Crippen molar-refractivity contribution in [2.45, 2.75) is 39.8 Å². The minimum atomic E-state index is -0.0543. The average Bonchev–Trinajstić information content (AvgIpc) is 2.75. The van der Waals surface area contributed by atoms with Gasteiger partial charge in [0.2, 0.25) is 0 Å². The molecule has 0 saturated heterocycles. The molecule has 0 aliphatic heterocycles.